The van der Waals surface area contributed by atoms with Crippen LogP contribution in [0.1, 0.15) is 46.5 Å². The summed E-state index contributed by atoms with van der Waals surface area (Å²) in [5.74, 6) is 4.05. The third-order valence-corrected chi connectivity index (χ3v) is 6.20. The molecule has 0 aromatic heterocycles. The first-order chi connectivity index (χ1) is 7.59. The number of hydrogen-bond donors (Lipinski definition) is 0. The minimum absolute atomic E-state index is 0. The van der Waals surface area contributed by atoms with E-state index in [-0.39, 0.29) is 12.4 Å². The molecule has 0 aromatic rings. The fourth-order valence-corrected chi connectivity index (χ4v) is 4.79. The molecule has 0 spiro atoms. The first kappa shape index (κ1) is 13.7. The number of nitrogens with zero attached hydrogens (tertiary/aromatic N) is 1. The zero-order valence-electron chi connectivity index (χ0n) is 11.6. The smallest absolute Gasteiger partial charge is 0.00124 e. The monoisotopic (exact) mass is 257 g/mol. The molecule has 1 aliphatic heterocycles. The minimum Gasteiger partial charge on any atom is -0.303 e. The average molecular weight is 258 g/mol. The Bertz CT molecular complexity index is 268. The Labute approximate surface area is 113 Å². The summed E-state index contributed by atoms with van der Waals surface area (Å²) in [6, 6.07) is 0. The molecule has 0 radical (unpaired) electrons. The van der Waals surface area contributed by atoms with Crippen molar-refractivity contribution in [2.24, 2.45) is 29.1 Å². The molecule has 1 heterocycles. The molecule has 17 heavy (non-hydrogen) atoms. The minimum atomic E-state index is 0. The predicted molar refractivity (Wildman–Crippen MR) is 75.6 cm³/mol. The summed E-state index contributed by atoms with van der Waals surface area (Å²) >= 11 is 0. The van der Waals surface area contributed by atoms with Gasteiger partial charge < -0.3 is 4.90 Å². The van der Waals surface area contributed by atoms with Crippen LogP contribution in [0.25, 0.3) is 0 Å². The van der Waals surface area contributed by atoms with Gasteiger partial charge in [0.25, 0.3) is 0 Å². The maximum absolute atomic E-state index is 2.72. The topological polar surface area (TPSA) is 3.24 Å². The average Bonchev–Trinajstić information content (AvgIpc) is 2.73. The van der Waals surface area contributed by atoms with Crippen molar-refractivity contribution in [1.29, 1.82) is 0 Å². The molecule has 0 aromatic carbocycles. The fraction of sp³-hybridized carbons (Fsp3) is 1.00. The van der Waals surface area contributed by atoms with E-state index in [0.29, 0.717) is 5.41 Å². The van der Waals surface area contributed by atoms with Crippen LogP contribution in [-0.2, 0) is 0 Å². The van der Waals surface area contributed by atoms with Gasteiger partial charge in [0.2, 0.25) is 0 Å². The Morgan fingerprint density at radius 1 is 1.12 bits per heavy atom. The highest BCUT2D eigenvalue weighted by Crippen LogP contribution is 2.62. The van der Waals surface area contributed by atoms with Crippen molar-refractivity contribution in [2.45, 2.75) is 46.5 Å². The summed E-state index contributed by atoms with van der Waals surface area (Å²) < 4.78 is 0. The van der Waals surface area contributed by atoms with Gasteiger partial charge in [-0.15, -0.1) is 12.4 Å². The van der Waals surface area contributed by atoms with E-state index < -0.39 is 0 Å². The van der Waals surface area contributed by atoms with Crippen LogP contribution in [0.3, 0.4) is 0 Å². The quantitative estimate of drug-likeness (QED) is 0.727. The van der Waals surface area contributed by atoms with E-state index in [9.17, 15) is 0 Å². The molecule has 2 heteroatoms. The van der Waals surface area contributed by atoms with Gasteiger partial charge in [0.15, 0.2) is 0 Å². The van der Waals surface area contributed by atoms with E-state index in [1.165, 1.54) is 45.3 Å². The molecule has 4 unspecified atom stereocenters. The Morgan fingerprint density at radius 3 is 2.29 bits per heavy atom. The number of rotatable bonds is 2. The maximum atomic E-state index is 2.72. The van der Waals surface area contributed by atoms with E-state index in [4.69, 9.17) is 0 Å². The zero-order valence-corrected chi connectivity index (χ0v) is 12.4. The molecule has 4 aliphatic rings. The second kappa shape index (κ2) is 4.74. The molecule has 4 rings (SSSR count). The van der Waals surface area contributed by atoms with Crippen LogP contribution in [0.4, 0.5) is 0 Å². The molecule has 2 bridgehead atoms. The van der Waals surface area contributed by atoms with Gasteiger partial charge in [0, 0.05) is 6.54 Å². The van der Waals surface area contributed by atoms with Crippen LogP contribution in [-0.4, -0.2) is 24.5 Å². The van der Waals surface area contributed by atoms with E-state index in [2.05, 4.69) is 25.7 Å². The largest absolute Gasteiger partial charge is 0.303 e. The molecule has 4 fully saturated rings. The predicted octanol–water partition coefficient (Wildman–Crippen LogP) is 3.82. The van der Waals surface area contributed by atoms with Crippen molar-refractivity contribution in [2.75, 3.05) is 19.6 Å². The molecule has 0 amide bonds. The molecule has 3 saturated carbocycles. The van der Waals surface area contributed by atoms with E-state index in [1.54, 1.807) is 0 Å². The van der Waals surface area contributed by atoms with Crippen molar-refractivity contribution in [1.82, 2.24) is 4.90 Å². The number of halogens is 1. The van der Waals surface area contributed by atoms with E-state index >= 15 is 0 Å². The second-order valence-electron chi connectivity index (χ2n) is 7.22. The van der Waals surface area contributed by atoms with Crippen LogP contribution in [0.2, 0.25) is 0 Å². The first-order valence-electron chi connectivity index (χ1n) is 7.31. The third-order valence-electron chi connectivity index (χ3n) is 6.20. The summed E-state index contributed by atoms with van der Waals surface area (Å²) in [5.41, 5.74) is 0.668. The molecule has 1 nitrogen and oxygen atoms in total. The summed E-state index contributed by atoms with van der Waals surface area (Å²) in [7, 11) is 0. The molecule has 100 valence electrons. The highest BCUT2D eigenvalue weighted by molar-refractivity contribution is 5.85. The van der Waals surface area contributed by atoms with Gasteiger partial charge in [0.05, 0.1) is 0 Å². The Hall–Kier alpha value is 0.250. The SMILES string of the molecule is CC1C(CN2CCCC2)CC2CC1C2(C)C.Cl. The van der Waals surface area contributed by atoms with Crippen molar-refractivity contribution < 1.29 is 0 Å². The van der Waals surface area contributed by atoms with Crippen molar-refractivity contribution in [3.63, 3.8) is 0 Å². The summed E-state index contributed by atoms with van der Waals surface area (Å²) in [6.45, 7) is 11.7. The van der Waals surface area contributed by atoms with Gasteiger partial charge in [-0.1, -0.05) is 20.8 Å². The van der Waals surface area contributed by atoms with Gasteiger partial charge >= 0.3 is 0 Å². The van der Waals surface area contributed by atoms with E-state index in [0.717, 1.165) is 23.7 Å². The summed E-state index contributed by atoms with van der Waals surface area (Å²) in [6.07, 6.45) is 5.94. The maximum Gasteiger partial charge on any atom is 0.00124 e. The van der Waals surface area contributed by atoms with Crippen LogP contribution in [0, 0.1) is 29.1 Å². The molecule has 3 aliphatic carbocycles. The normalized spacial score (nSPS) is 43.9. The fourth-order valence-electron chi connectivity index (χ4n) is 4.79. The summed E-state index contributed by atoms with van der Waals surface area (Å²) in [4.78, 5) is 2.72. The molecule has 1 saturated heterocycles. The van der Waals surface area contributed by atoms with Crippen LogP contribution in [0.5, 0.6) is 0 Å². The highest BCUT2D eigenvalue weighted by atomic mass is 35.5. The van der Waals surface area contributed by atoms with Crippen molar-refractivity contribution in [3.05, 3.63) is 0 Å². The first-order valence-corrected chi connectivity index (χ1v) is 7.31. The summed E-state index contributed by atoms with van der Waals surface area (Å²) in [5, 5.41) is 0. The van der Waals surface area contributed by atoms with Gasteiger partial charge in [-0.05, 0) is 67.9 Å². The second-order valence-corrected chi connectivity index (χ2v) is 7.22. The third kappa shape index (κ3) is 2.14. The lowest BCUT2D eigenvalue weighted by Gasteiger charge is -2.62. The number of hydrogen-bond acceptors (Lipinski definition) is 1. The van der Waals surface area contributed by atoms with Crippen molar-refractivity contribution in [3.8, 4) is 0 Å². The number of likely N-dealkylation sites (tertiary alicyclic amines) is 1. The van der Waals surface area contributed by atoms with Gasteiger partial charge in [0.1, 0.15) is 0 Å². The van der Waals surface area contributed by atoms with Crippen LogP contribution >= 0.6 is 12.4 Å². The highest BCUT2D eigenvalue weighted by Gasteiger charge is 2.56. The van der Waals surface area contributed by atoms with Crippen molar-refractivity contribution >= 4 is 12.4 Å². The zero-order chi connectivity index (χ0) is 11.3. The van der Waals surface area contributed by atoms with E-state index in [1.807, 2.05) is 0 Å². The van der Waals surface area contributed by atoms with Gasteiger partial charge in [-0.25, -0.2) is 0 Å². The lowest BCUT2D eigenvalue weighted by atomic mass is 9.43. The Morgan fingerprint density at radius 2 is 1.76 bits per heavy atom. The number of fused-ring (bicyclic) bond motifs is 2. The Kier molecular flexibility index (Phi) is 3.81. The standard InChI is InChI=1S/C15H27N.ClH/c1-11-12(10-16-6-4-5-7-16)8-13-9-14(11)15(13,2)3;/h11-14H,4-10H2,1-3H3;1H. The molecule has 4 atom stereocenters. The van der Waals surface area contributed by atoms with Crippen LogP contribution in [0.15, 0.2) is 0 Å². The Balaban J connectivity index is 0.00000108. The lowest BCUT2D eigenvalue weighted by molar-refractivity contribution is -0.132. The van der Waals surface area contributed by atoms with Gasteiger partial charge in [-0.3, -0.25) is 0 Å². The molecular formula is C15H28ClN. The van der Waals surface area contributed by atoms with Gasteiger partial charge in [-0.2, -0.15) is 0 Å². The molecule has 0 N–H and O–H groups in total. The van der Waals surface area contributed by atoms with Crippen LogP contribution < -0.4 is 0 Å². The molecular weight excluding hydrogens is 230 g/mol. The lowest BCUT2D eigenvalue weighted by Crippen LogP contribution is -2.56.